The molecule has 0 amide bonds. The quantitative estimate of drug-likeness (QED) is 0.271. The van der Waals surface area contributed by atoms with Crippen LogP contribution in [0.2, 0.25) is 0 Å². The zero-order valence-corrected chi connectivity index (χ0v) is 21.9. The summed E-state index contributed by atoms with van der Waals surface area (Å²) in [5.41, 5.74) is 1.43. The maximum atomic E-state index is 11.9. The van der Waals surface area contributed by atoms with Crippen molar-refractivity contribution in [3.63, 3.8) is 0 Å². The van der Waals surface area contributed by atoms with Crippen molar-refractivity contribution < 1.29 is 14.6 Å². The van der Waals surface area contributed by atoms with Gasteiger partial charge < -0.3 is 9.84 Å². The van der Waals surface area contributed by atoms with Gasteiger partial charge in [0.2, 0.25) is 0 Å². The Hall–Kier alpha value is -1.34. The number of hydrogen-bond donors (Lipinski definition) is 1. The Morgan fingerprint density at radius 3 is 2.55 bits per heavy atom. The van der Waals surface area contributed by atoms with Crippen molar-refractivity contribution in [3.05, 3.63) is 12.2 Å². The second kappa shape index (κ2) is 12.9. The Morgan fingerprint density at radius 1 is 1.21 bits per heavy atom. The molecule has 0 aromatic heterocycles. The topological polar surface area (TPSA) is 70.3 Å². The van der Waals surface area contributed by atoms with Crippen LogP contribution in [0.4, 0.5) is 0 Å². The van der Waals surface area contributed by atoms with Crippen molar-refractivity contribution in [1.29, 1.82) is 5.26 Å². The summed E-state index contributed by atoms with van der Waals surface area (Å²) in [7, 11) is 0. The predicted octanol–water partition coefficient (Wildman–Crippen LogP) is 7.64. The van der Waals surface area contributed by atoms with Gasteiger partial charge in [0.05, 0.1) is 18.6 Å². The van der Waals surface area contributed by atoms with Crippen molar-refractivity contribution in [2.75, 3.05) is 6.61 Å². The lowest BCUT2D eigenvalue weighted by atomic mass is 9.54. The average molecular weight is 460 g/mol. The predicted molar refractivity (Wildman–Crippen MR) is 135 cm³/mol. The van der Waals surface area contributed by atoms with E-state index < -0.39 is 5.97 Å². The van der Waals surface area contributed by atoms with Crippen molar-refractivity contribution in [1.82, 2.24) is 0 Å². The summed E-state index contributed by atoms with van der Waals surface area (Å²) in [6.07, 6.45) is 10.8. The minimum Gasteiger partial charge on any atom is -0.481 e. The highest BCUT2D eigenvalue weighted by Gasteiger charge is 2.55. The van der Waals surface area contributed by atoms with E-state index in [0.29, 0.717) is 30.8 Å². The van der Waals surface area contributed by atoms with Crippen LogP contribution in [0.3, 0.4) is 0 Å². The van der Waals surface area contributed by atoms with E-state index in [-0.39, 0.29) is 29.8 Å². The first-order valence-corrected chi connectivity index (χ1v) is 13.5. The van der Waals surface area contributed by atoms with E-state index in [9.17, 15) is 9.90 Å². The van der Waals surface area contributed by atoms with Gasteiger partial charge in [-0.15, -0.1) is 0 Å². The Balaban J connectivity index is 2.10. The standard InChI is InChI=1S/C29H49NO3/c1-7-33-23(16-18-30)12-11-21(4)24-15-17-29(6)26(22(5)10-8-9-20(2)3)13-14-27(29)25(24)19-28(31)32/h20,22-27H,4,7-17,19H2,1-3,5-6H3,(H,31,32)/t22?,23?,24-,25-,26-,27+,29-/m1/s1. The molecule has 2 aliphatic carbocycles. The average Bonchev–Trinajstić information content (AvgIpc) is 3.09. The van der Waals surface area contributed by atoms with Crippen LogP contribution in [0, 0.1) is 52.3 Å². The lowest BCUT2D eigenvalue weighted by molar-refractivity contribution is -0.140. The number of carboxylic acid groups (broad SMARTS) is 1. The summed E-state index contributed by atoms with van der Waals surface area (Å²) in [5.74, 6) is 2.44. The summed E-state index contributed by atoms with van der Waals surface area (Å²) >= 11 is 0. The van der Waals surface area contributed by atoms with E-state index in [1.807, 2.05) is 6.92 Å². The SMILES string of the molecule is C=C(CCC(CC#N)OCC)[C@H]1CC[C@]2(C)[C@@H](C(C)CCCC(C)C)CC[C@H]2[C@@H]1CC(=O)O. The third kappa shape index (κ3) is 7.32. The zero-order chi connectivity index (χ0) is 24.6. The molecule has 2 rings (SSSR count). The smallest absolute Gasteiger partial charge is 0.303 e. The van der Waals surface area contributed by atoms with Gasteiger partial charge in [-0.1, -0.05) is 59.1 Å². The fourth-order valence-electron chi connectivity index (χ4n) is 7.42. The molecule has 33 heavy (non-hydrogen) atoms. The van der Waals surface area contributed by atoms with Crippen LogP contribution < -0.4 is 0 Å². The van der Waals surface area contributed by atoms with Crippen LogP contribution in [0.15, 0.2) is 12.2 Å². The molecular weight excluding hydrogens is 410 g/mol. The van der Waals surface area contributed by atoms with Gasteiger partial charge >= 0.3 is 5.97 Å². The van der Waals surface area contributed by atoms with Crippen LogP contribution in [-0.2, 0) is 9.53 Å². The van der Waals surface area contributed by atoms with Gasteiger partial charge in [0.25, 0.3) is 0 Å². The maximum absolute atomic E-state index is 11.9. The highest BCUT2D eigenvalue weighted by atomic mass is 16.5. The highest BCUT2D eigenvalue weighted by Crippen LogP contribution is 2.62. The lowest BCUT2D eigenvalue weighted by Crippen LogP contribution is -2.44. The van der Waals surface area contributed by atoms with Crippen molar-refractivity contribution in [2.24, 2.45) is 40.9 Å². The van der Waals surface area contributed by atoms with Crippen LogP contribution in [0.5, 0.6) is 0 Å². The number of nitriles is 1. The number of carbonyl (C=O) groups is 1. The number of aliphatic carboxylic acids is 1. The molecule has 0 heterocycles. The van der Waals surface area contributed by atoms with Crippen molar-refractivity contribution in [2.45, 2.75) is 111 Å². The fourth-order valence-corrected chi connectivity index (χ4v) is 7.42. The molecule has 0 aliphatic heterocycles. The van der Waals surface area contributed by atoms with Crippen LogP contribution in [0.1, 0.15) is 105 Å². The summed E-state index contributed by atoms with van der Waals surface area (Å²) in [4.78, 5) is 11.9. The zero-order valence-electron chi connectivity index (χ0n) is 21.9. The summed E-state index contributed by atoms with van der Waals surface area (Å²) in [6, 6.07) is 2.23. The van der Waals surface area contributed by atoms with Gasteiger partial charge in [-0.05, 0) is 86.4 Å². The van der Waals surface area contributed by atoms with Gasteiger partial charge in [0, 0.05) is 13.0 Å². The van der Waals surface area contributed by atoms with Gasteiger partial charge in [0.1, 0.15) is 0 Å². The molecule has 4 heteroatoms. The summed E-state index contributed by atoms with van der Waals surface area (Å²) in [5, 5.41) is 18.9. The molecule has 2 fully saturated rings. The number of ether oxygens (including phenoxy) is 1. The third-order valence-corrected chi connectivity index (χ3v) is 9.08. The fraction of sp³-hybridized carbons (Fsp3) is 0.862. The molecular formula is C29H49NO3. The van der Waals surface area contributed by atoms with Gasteiger partial charge in [-0.2, -0.15) is 5.26 Å². The molecule has 0 saturated heterocycles. The molecule has 7 atom stereocenters. The number of carboxylic acids is 1. The van der Waals surface area contributed by atoms with E-state index in [1.54, 1.807) is 0 Å². The number of rotatable bonds is 14. The molecule has 0 bridgehead atoms. The minimum atomic E-state index is -0.674. The molecule has 2 aliphatic rings. The second-order valence-electron chi connectivity index (χ2n) is 11.6. The third-order valence-electron chi connectivity index (χ3n) is 9.08. The summed E-state index contributed by atoms with van der Waals surface area (Å²) in [6.45, 7) is 16.5. The van der Waals surface area contributed by atoms with Crippen LogP contribution >= 0.6 is 0 Å². The number of fused-ring (bicyclic) bond motifs is 1. The Kier molecular flexibility index (Phi) is 10.9. The van der Waals surface area contributed by atoms with E-state index in [1.165, 1.54) is 37.7 Å². The van der Waals surface area contributed by atoms with Gasteiger partial charge in [-0.25, -0.2) is 0 Å². The molecule has 2 unspecified atom stereocenters. The Labute approximate surface area is 203 Å². The van der Waals surface area contributed by atoms with E-state index >= 15 is 0 Å². The first-order valence-electron chi connectivity index (χ1n) is 13.5. The lowest BCUT2D eigenvalue weighted by Gasteiger charge is -2.50. The Bertz CT molecular complexity index is 681. The van der Waals surface area contributed by atoms with Crippen LogP contribution in [-0.4, -0.2) is 23.8 Å². The second-order valence-corrected chi connectivity index (χ2v) is 11.6. The molecule has 188 valence electrons. The summed E-state index contributed by atoms with van der Waals surface area (Å²) < 4.78 is 5.73. The maximum Gasteiger partial charge on any atom is 0.303 e. The van der Waals surface area contributed by atoms with Crippen molar-refractivity contribution in [3.8, 4) is 6.07 Å². The van der Waals surface area contributed by atoms with Crippen LogP contribution in [0.25, 0.3) is 0 Å². The minimum absolute atomic E-state index is 0.0499. The molecule has 1 N–H and O–H groups in total. The largest absolute Gasteiger partial charge is 0.481 e. The van der Waals surface area contributed by atoms with E-state index in [4.69, 9.17) is 10.00 Å². The van der Waals surface area contributed by atoms with Crippen molar-refractivity contribution >= 4 is 5.97 Å². The molecule has 0 radical (unpaired) electrons. The Morgan fingerprint density at radius 2 is 1.94 bits per heavy atom. The van der Waals surface area contributed by atoms with Gasteiger partial charge in [0.15, 0.2) is 0 Å². The van der Waals surface area contributed by atoms with E-state index in [0.717, 1.165) is 31.6 Å². The van der Waals surface area contributed by atoms with Gasteiger partial charge in [-0.3, -0.25) is 4.79 Å². The molecule has 0 aromatic rings. The number of nitrogens with zero attached hydrogens (tertiary/aromatic N) is 1. The first kappa shape index (κ1) is 27.9. The molecule has 4 nitrogen and oxygen atoms in total. The molecule has 0 spiro atoms. The molecule has 2 saturated carbocycles. The number of allylic oxidation sites excluding steroid dienone is 1. The molecule has 0 aromatic carbocycles. The first-order chi connectivity index (χ1) is 15.6. The normalized spacial score (nSPS) is 31.1. The van der Waals surface area contributed by atoms with E-state index in [2.05, 4.69) is 40.3 Å². The number of hydrogen-bond acceptors (Lipinski definition) is 3. The highest BCUT2D eigenvalue weighted by molar-refractivity contribution is 5.67. The monoisotopic (exact) mass is 459 g/mol.